The average Bonchev–Trinajstić information content (AvgIpc) is 3.01. The lowest BCUT2D eigenvalue weighted by molar-refractivity contribution is 0.591. The third-order valence-electron chi connectivity index (χ3n) is 3.35. The van der Waals surface area contributed by atoms with Crippen molar-refractivity contribution in [2.24, 2.45) is 11.7 Å². The summed E-state index contributed by atoms with van der Waals surface area (Å²) >= 11 is 0. The second kappa shape index (κ2) is 4.36. The van der Waals surface area contributed by atoms with Crippen LogP contribution < -0.4 is 5.73 Å². The van der Waals surface area contributed by atoms with Crippen LogP contribution >= 0.6 is 0 Å². The van der Waals surface area contributed by atoms with Crippen LogP contribution in [0.5, 0.6) is 0 Å². The van der Waals surface area contributed by atoms with Crippen LogP contribution in [-0.4, -0.2) is 6.04 Å². The SMILES string of the molecule is CC(C)c1ccc(CC(N)C2CC2)cc1. The van der Waals surface area contributed by atoms with E-state index in [4.69, 9.17) is 5.73 Å². The predicted molar refractivity (Wildman–Crippen MR) is 64.9 cm³/mol. The smallest absolute Gasteiger partial charge is 0.0108 e. The van der Waals surface area contributed by atoms with Gasteiger partial charge in [-0.1, -0.05) is 38.1 Å². The monoisotopic (exact) mass is 203 g/mol. The topological polar surface area (TPSA) is 26.0 Å². The Morgan fingerprint density at radius 2 is 1.80 bits per heavy atom. The summed E-state index contributed by atoms with van der Waals surface area (Å²) in [5.74, 6) is 1.42. The zero-order chi connectivity index (χ0) is 10.8. The van der Waals surface area contributed by atoms with Crippen LogP contribution in [0, 0.1) is 5.92 Å². The van der Waals surface area contributed by atoms with Crippen molar-refractivity contribution in [3.05, 3.63) is 35.4 Å². The average molecular weight is 203 g/mol. The molecule has 82 valence electrons. The Balaban J connectivity index is 1.97. The van der Waals surface area contributed by atoms with Crippen LogP contribution in [0.1, 0.15) is 43.7 Å². The Kier molecular flexibility index (Phi) is 3.11. The molecule has 0 spiro atoms. The lowest BCUT2D eigenvalue weighted by Crippen LogP contribution is -2.24. The van der Waals surface area contributed by atoms with Gasteiger partial charge in [-0.2, -0.15) is 0 Å². The molecule has 0 saturated heterocycles. The van der Waals surface area contributed by atoms with Gasteiger partial charge in [0.1, 0.15) is 0 Å². The molecule has 0 aliphatic heterocycles. The maximum absolute atomic E-state index is 6.11. The molecule has 1 aromatic rings. The number of rotatable bonds is 4. The molecule has 2 rings (SSSR count). The number of nitrogens with two attached hydrogens (primary N) is 1. The molecule has 1 unspecified atom stereocenters. The van der Waals surface area contributed by atoms with Gasteiger partial charge in [-0.25, -0.2) is 0 Å². The van der Waals surface area contributed by atoms with Gasteiger partial charge >= 0.3 is 0 Å². The van der Waals surface area contributed by atoms with Gasteiger partial charge in [-0.05, 0) is 42.2 Å². The van der Waals surface area contributed by atoms with Gasteiger partial charge in [0.25, 0.3) is 0 Å². The lowest BCUT2D eigenvalue weighted by Gasteiger charge is -2.11. The molecular weight excluding hydrogens is 182 g/mol. The van der Waals surface area contributed by atoms with Gasteiger partial charge in [0.05, 0.1) is 0 Å². The molecule has 0 aromatic heterocycles. The highest BCUT2D eigenvalue weighted by atomic mass is 14.7. The van der Waals surface area contributed by atoms with Crippen molar-refractivity contribution in [3.63, 3.8) is 0 Å². The Labute approximate surface area is 92.7 Å². The molecule has 15 heavy (non-hydrogen) atoms. The largest absolute Gasteiger partial charge is 0.327 e. The first kappa shape index (κ1) is 10.7. The van der Waals surface area contributed by atoms with E-state index in [0.717, 1.165) is 12.3 Å². The standard InChI is InChI=1S/C14H21N/c1-10(2)12-5-3-11(4-6-12)9-14(15)13-7-8-13/h3-6,10,13-14H,7-9,15H2,1-2H3. The van der Waals surface area contributed by atoms with E-state index in [2.05, 4.69) is 38.1 Å². The molecule has 1 heteroatoms. The first-order chi connectivity index (χ1) is 7.16. The van der Waals surface area contributed by atoms with Crippen molar-refractivity contribution in [1.29, 1.82) is 0 Å². The lowest BCUT2D eigenvalue weighted by atomic mass is 9.98. The third kappa shape index (κ3) is 2.82. The Morgan fingerprint density at radius 3 is 2.27 bits per heavy atom. The highest BCUT2D eigenvalue weighted by Crippen LogP contribution is 2.32. The summed E-state index contributed by atoms with van der Waals surface area (Å²) in [5.41, 5.74) is 8.91. The van der Waals surface area contributed by atoms with Gasteiger partial charge in [0.15, 0.2) is 0 Å². The normalized spacial score (nSPS) is 18.1. The molecule has 0 radical (unpaired) electrons. The molecule has 1 nitrogen and oxygen atoms in total. The Morgan fingerprint density at radius 1 is 1.20 bits per heavy atom. The summed E-state index contributed by atoms with van der Waals surface area (Å²) in [6, 6.07) is 9.32. The van der Waals surface area contributed by atoms with E-state index in [1.807, 2.05) is 0 Å². The van der Waals surface area contributed by atoms with E-state index < -0.39 is 0 Å². The molecule has 1 aliphatic carbocycles. The highest BCUT2D eigenvalue weighted by Gasteiger charge is 2.28. The van der Waals surface area contributed by atoms with Crippen LogP contribution in [0.3, 0.4) is 0 Å². The zero-order valence-electron chi connectivity index (χ0n) is 9.74. The molecule has 0 amide bonds. The molecular formula is C14H21N. The van der Waals surface area contributed by atoms with E-state index in [0.29, 0.717) is 12.0 Å². The molecule has 1 atom stereocenters. The Hall–Kier alpha value is -0.820. The summed E-state index contributed by atoms with van der Waals surface area (Å²) < 4.78 is 0. The first-order valence-corrected chi connectivity index (χ1v) is 6.01. The molecule has 1 aliphatic rings. The highest BCUT2D eigenvalue weighted by molar-refractivity contribution is 5.25. The zero-order valence-corrected chi connectivity index (χ0v) is 9.74. The quantitative estimate of drug-likeness (QED) is 0.799. The van der Waals surface area contributed by atoms with Crippen molar-refractivity contribution in [3.8, 4) is 0 Å². The third-order valence-corrected chi connectivity index (χ3v) is 3.35. The summed E-state index contributed by atoms with van der Waals surface area (Å²) in [6.45, 7) is 4.45. The van der Waals surface area contributed by atoms with Crippen molar-refractivity contribution in [2.75, 3.05) is 0 Å². The summed E-state index contributed by atoms with van der Waals surface area (Å²) in [5, 5.41) is 0. The molecule has 0 heterocycles. The summed E-state index contributed by atoms with van der Waals surface area (Å²) in [4.78, 5) is 0. The molecule has 0 bridgehead atoms. The van der Waals surface area contributed by atoms with Crippen LogP contribution in [0.4, 0.5) is 0 Å². The van der Waals surface area contributed by atoms with Crippen molar-refractivity contribution in [2.45, 2.75) is 45.1 Å². The van der Waals surface area contributed by atoms with Gasteiger partial charge < -0.3 is 5.73 Å². The van der Waals surface area contributed by atoms with E-state index >= 15 is 0 Å². The molecule has 2 N–H and O–H groups in total. The predicted octanol–water partition coefficient (Wildman–Crippen LogP) is 3.09. The van der Waals surface area contributed by atoms with Gasteiger partial charge in [-0.15, -0.1) is 0 Å². The molecule has 1 saturated carbocycles. The maximum atomic E-state index is 6.11. The first-order valence-electron chi connectivity index (χ1n) is 6.01. The second-order valence-electron chi connectivity index (χ2n) is 5.10. The van der Waals surface area contributed by atoms with E-state index in [1.165, 1.54) is 24.0 Å². The molecule has 1 aromatic carbocycles. The number of hydrogen-bond donors (Lipinski definition) is 1. The van der Waals surface area contributed by atoms with Gasteiger partial charge in [0.2, 0.25) is 0 Å². The number of hydrogen-bond acceptors (Lipinski definition) is 1. The minimum atomic E-state index is 0.384. The minimum absolute atomic E-state index is 0.384. The number of benzene rings is 1. The summed E-state index contributed by atoms with van der Waals surface area (Å²) in [6.07, 6.45) is 3.72. The van der Waals surface area contributed by atoms with Gasteiger partial charge in [-0.3, -0.25) is 0 Å². The van der Waals surface area contributed by atoms with E-state index in [-0.39, 0.29) is 0 Å². The summed E-state index contributed by atoms with van der Waals surface area (Å²) in [7, 11) is 0. The van der Waals surface area contributed by atoms with Crippen LogP contribution in [0.15, 0.2) is 24.3 Å². The van der Waals surface area contributed by atoms with Crippen molar-refractivity contribution >= 4 is 0 Å². The van der Waals surface area contributed by atoms with E-state index in [1.54, 1.807) is 0 Å². The van der Waals surface area contributed by atoms with Crippen LogP contribution in [0.25, 0.3) is 0 Å². The van der Waals surface area contributed by atoms with E-state index in [9.17, 15) is 0 Å². The van der Waals surface area contributed by atoms with Crippen LogP contribution in [0.2, 0.25) is 0 Å². The fraction of sp³-hybridized carbons (Fsp3) is 0.571. The minimum Gasteiger partial charge on any atom is -0.327 e. The second-order valence-corrected chi connectivity index (χ2v) is 5.10. The van der Waals surface area contributed by atoms with Crippen molar-refractivity contribution < 1.29 is 0 Å². The fourth-order valence-corrected chi connectivity index (χ4v) is 2.00. The fourth-order valence-electron chi connectivity index (χ4n) is 2.00. The van der Waals surface area contributed by atoms with Crippen molar-refractivity contribution in [1.82, 2.24) is 0 Å². The Bertz CT molecular complexity index is 309. The van der Waals surface area contributed by atoms with Gasteiger partial charge in [0, 0.05) is 6.04 Å². The maximum Gasteiger partial charge on any atom is 0.0108 e. The van der Waals surface area contributed by atoms with Crippen LogP contribution in [-0.2, 0) is 6.42 Å². The molecule has 1 fully saturated rings.